The molecular formula is C26H36FO5P. The second kappa shape index (κ2) is 12.4. The molecule has 0 saturated heterocycles. The average Bonchev–Trinajstić information content (AvgIpc) is 2.80. The maximum Gasteiger partial charge on any atom is 0.351 e. The molecule has 1 unspecified atom stereocenters. The van der Waals surface area contributed by atoms with Crippen molar-refractivity contribution in [2.45, 2.75) is 71.9 Å². The molecule has 0 fully saturated rings. The van der Waals surface area contributed by atoms with Gasteiger partial charge in [-0.1, -0.05) is 40.0 Å². The van der Waals surface area contributed by atoms with E-state index in [2.05, 4.69) is 20.8 Å². The molecule has 1 aromatic carbocycles. The molecule has 2 rings (SSSR count). The summed E-state index contributed by atoms with van der Waals surface area (Å²) in [6, 6.07) is 3.27. The lowest BCUT2D eigenvalue weighted by Gasteiger charge is -2.37. The Labute approximate surface area is 197 Å². The van der Waals surface area contributed by atoms with E-state index in [-0.39, 0.29) is 23.3 Å². The number of ketones is 2. The SMILES string of the molecule is CCCC[P+](CCCC)(CCCC)C(C(=O)OCC)C1=C([O-])C(=O)c2cc(F)ccc2C1=O. The van der Waals surface area contributed by atoms with E-state index in [1.54, 1.807) is 6.92 Å². The molecule has 1 atom stereocenters. The monoisotopic (exact) mass is 478 g/mol. The van der Waals surface area contributed by atoms with E-state index in [9.17, 15) is 23.9 Å². The van der Waals surface area contributed by atoms with Gasteiger partial charge in [0.15, 0.2) is 17.2 Å². The Hall–Kier alpha value is -2.07. The molecule has 33 heavy (non-hydrogen) atoms. The number of hydrogen-bond acceptors (Lipinski definition) is 5. The van der Waals surface area contributed by atoms with Crippen LogP contribution in [0.3, 0.4) is 0 Å². The van der Waals surface area contributed by atoms with Crippen molar-refractivity contribution in [3.05, 3.63) is 46.5 Å². The van der Waals surface area contributed by atoms with Crippen LogP contribution in [0.5, 0.6) is 0 Å². The Morgan fingerprint density at radius 2 is 1.48 bits per heavy atom. The summed E-state index contributed by atoms with van der Waals surface area (Å²) in [5.74, 6) is -3.81. The van der Waals surface area contributed by atoms with Gasteiger partial charge in [-0.15, -0.1) is 0 Å². The molecule has 0 aromatic heterocycles. The standard InChI is InChI=1S/C26H36FO5P/c1-5-9-14-33(15-10-6-2,16-11-7-3)25(26(31)32-8-4)21-22(28)19-13-12-18(27)17-20(19)23(29)24(21)30/h12-13,17,25H,5-11,14-16H2,1-4H3. The number of halogens is 1. The second-order valence-corrected chi connectivity index (χ2v) is 13.0. The number of esters is 1. The van der Waals surface area contributed by atoms with Crippen molar-refractivity contribution in [1.29, 1.82) is 0 Å². The molecule has 0 spiro atoms. The van der Waals surface area contributed by atoms with Crippen LogP contribution in [0.25, 0.3) is 0 Å². The topological polar surface area (TPSA) is 83.5 Å². The van der Waals surface area contributed by atoms with Gasteiger partial charge in [-0.05, 0) is 50.1 Å². The number of unbranched alkanes of at least 4 members (excludes halogenated alkanes) is 3. The Kier molecular flexibility index (Phi) is 10.2. The van der Waals surface area contributed by atoms with Crippen molar-refractivity contribution in [2.75, 3.05) is 25.1 Å². The fourth-order valence-electron chi connectivity index (χ4n) is 4.62. The highest BCUT2D eigenvalue weighted by Gasteiger charge is 2.54. The highest BCUT2D eigenvalue weighted by Crippen LogP contribution is 2.67. The molecule has 5 nitrogen and oxygen atoms in total. The summed E-state index contributed by atoms with van der Waals surface area (Å²) in [5.41, 5.74) is -1.50. The summed E-state index contributed by atoms with van der Waals surface area (Å²) in [5, 5.41) is 13.3. The molecular weight excluding hydrogens is 442 g/mol. The minimum Gasteiger partial charge on any atom is -0.869 e. The van der Waals surface area contributed by atoms with Crippen LogP contribution in [-0.4, -0.2) is 48.3 Å². The van der Waals surface area contributed by atoms with Crippen molar-refractivity contribution >= 4 is 24.8 Å². The van der Waals surface area contributed by atoms with Gasteiger partial charge in [-0.25, -0.2) is 9.18 Å². The number of rotatable bonds is 13. The van der Waals surface area contributed by atoms with Crippen LogP contribution < -0.4 is 5.11 Å². The van der Waals surface area contributed by atoms with Gasteiger partial charge >= 0.3 is 5.97 Å². The van der Waals surface area contributed by atoms with Gasteiger partial charge in [0.2, 0.25) is 0 Å². The number of benzene rings is 1. The van der Waals surface area contributed by atoms with Gasteiger partial charge in [-0.2, -0.15) is 0 Å². The zero-order valence-electron chi connectivity index (χ0n) is 20.2. The Bertz CT molecular complexity index is 886. The first-order valence-electron chi connectivity index (χ1n) is 12.1. The van der Waals surface area contributed by atoms with Crippen molar-refractivity contribution in [2.24, 2.45) is 0 Å². The maximum absolute atomic E-state index is 13.8. The van der Waals surface area contributed by atoms with Crippen molar-refractivity contribution in [1.82, 2.24) is 0 Å². The third kappa shape index (κ3) is 5.90. The van der Waals surface area contributed by atoms with Crippen LogP contribution in [0.15, 0.2) is 29.5 Å². The number of allylic oxidation sites excluding steroid dienone is 1. The molecule has 7 heteroatoms. The third-order valence-electron chi connectivity index (χ3n) is 6.37. The molecule has 182 valence electrons. The summed E-state index contributed by atoms with van der Waals surface area (Å²) in [7, 11) is -2.21. The summed E-state index contributed by atoms with van der Waals surface area (Å²) in [4.78, 5) is 40.0. The lowest BCUT2D eigenvalue weighted by molar-refractivity contribution is -0.294. The van der Waals surface area contributed by atoms with E-state index in [0.29, 0.717) is 0 Å². The zero-order valence-corrected chi connectivity index (χ0v) is 21.1. The molecule has 1 aromatic rings. The largest absolute Gasteiger partial charge is 0.869 e. The molecule has 0 amide bonds. The van der Waals surface area contributed by atoms with Gasteiger partial charge in [0.25, 0.3) is 0 Å². The van der Waals surface area contributed by atoms with Crippen LogP contribution in [0, 0.1) is 5.82 Å². The van der Waals surface area contributed by atoms with E-state index in [1.165, 1.54) is 6.07 Å². The normalized spacial score (nSPS) is 14.9. The van der Waals surface area contributed by atoms with E-state index in [4.69, 9.17) is 4.74 Å². The molecule has 1 aliphatic carbocycles. The van der Waals surface area contributed by atoms with E-state index in [1.807, 2.05) is 0 Å². The molecule has 0 saturated carbocycles. The number of carbonyl (C=O) groups is 3. The zero-order chi connectivity index (χ0) is 24.6. The van der Waals surface area contributed by atoms with Crippen LogP contribution in [0.2, 0.25) is 0 Å². The number of Topliss-reactive ketones (excluding diaryl/α,β-unsaturated/α-hetero) is 2. The van der Waals surface area contributed by atoms with Crippen LogP contribution in [-0.2, 0) is 9.53 Å². The number of ether oxygens (including phenoxy) is 1. The average molecular weight is 479 g/mol. The smallest absolute Gasteiger partial charge is 0.351 e. The lowest BCUT2D eigenvalue weighted by Crippen LogP contribution is -2.41. The Morgan fingerprint density at radius 1 is 0.939 bits per heavy atom. The Balaban J connectivity index is 2.75. The fraction of sp³-hybridized carbons (Fsp3) is 0.577. The number of hydrogen-bond donors (Lipinski definition) is 0. The highest BCUT2D eigenvalue weighted by molar-refractivity contribution is 7.77. The first-order chi connectivity index (χ1) is 15.8. The van der Waals surface area contributed by atoms with Gasteiger partial charge in [0.05, 0.1) is 25.1 Å². The molecule has 0 radical (unpaired) electrons. The quantitative estimate of drug-likeness (QED) is 0.289. The van der Waals surface area contributed by atoms with Gasteiger partial charge < -0.3 is 9.84 Å². The summed E-state index contributed by atoms with van der Waals surface area (Å²) >= 11 is 0. The second-order valence-electron chi connectivity index (χ2n) is 8.70. The minimum absolute atomic E-state index is 0.00938. The summed E-state index contributed by atoms with van der Waals surface area (Å²) < 4.78 is 19.2. The summed E-state index contributed by atoms with van der Waals surface area (Å²) in [6.45, 7) is 8.04. The van der Waals surface area contributed by atoms with E-state index >= 15 is 0 Å². The molecule has 1 aliphatic rings. The van der Waals surface area contributed by atoms with Gasteiger partial charge in [-0.3, -0.25) is 9.59 Å². The van der Waals surface area contributed by atoms with E-state index < -0.39 is 42.0 Å². The number of fused-ring (bicyclic) bond motifs is 1. The third-order valence-corrected chi connectivity index (χ3v) is 11.6. The van der Waals surface area contributed by atoms with Crippen molar-refractivity contribution < 1.29 is 28.6 Å². The molecule has 0 bridgehead atoms. The summed E-state index contributed by atoms with van der Waals surface area (Å²) in [6.07, 6.45) is 7.70. The first-order valence-corrected chi connectivity index (χ1v) is 14.5. The molecule has 0 N–H and O–H groups in total. The van der Waals surface area contributed by atoms with E-state index in [0.717, 1.165) is 69.1 Å². The maximum atomic E-state index is 13.8. The van der Waals surface area contributed by atoms with Gasteiger partial charge in [0.1, 0.15) is 5.82 Å². The predicted octanol–water partition coefficient (Wildman–Crippen LogP) is 5.17. The lowest BCUT2D eigenvalue weighted by atomic mass is 9.86. The van der Waals surface area contributed by atoms with Crippen molar-refractivity contribution in [3.63, 3.8) is 0 Å². The van der Waals surface area contributed by atoms with Crippen LogP contribution >= 0.6 is 7.26 Å². The highest BCUT2D eigenvalue weighted by atomic mass is 31.2. The molecule has 0 heterocycles. The van der Waals surface area contributed by atoms with Crippen molar-refractivity contribution in [3.8, 4) is 0 Å². The Morgan fingerprint density at radius 3 is 1.97 bits per heavy atom. The van der Waals surface area contributed by atoms with Crippen LogP contribution in [0.4, 0.5) is 4.39 Å². The molecule has 0 aliphatic heterocycles. The fourth-order valence-corrected chi connectivity index (χ4v) is 10.2. The first kappa shape index (κ1) is 27.2. The minimum atomic E-state index is -2.21. The van der Waals surface area contributed by atoms with Gasteiger partial charge in [0, 0.05) is 24.0 Å². The number of carbonyl (C=O) groups excluding carboxylic acids is 3. The predicted molar refractivity (Wildman–Crippen MR) is 129 cm³/mol. The van der Waals surface area contributed by atoms with Crippen LogP contribution in [0.1, 0.15) is 86.9 Å².